The van der Waals surface area contributed by atoms with Crippen LogP contribution in [0.5, 0.6) is 0 Å². The topological polar surface area (TPSA) is 69.6 Å². The Morgan fingerprint density at radius 3 is 2.45 bits per heavy atom. The molecule has 5 heteroatoms. The number of piperidine rings is 1. The van der Waals surface area contributed by atoms with Crippen LogP contribution in [-0.4, -0.2) is 48.1 Å². The molecule has 0 aliphatic carbocycles. The summed E-state index contributed by atoms with van der Waals surface area (Å²) in [6.45, 7) is 6.31. The van der Waals surface area contributed by atoms with Crippen LogP contribution < -0.4 is 5.32 Å². The third-order valence-corrected chi connectivity index (χ3v) is 3.71. The standard InChI is InChI=1S/C15H28N2O3/c1-13(12-17-9-5-2-6-10-17)11-16-14(18)7-3-4-8-15(19)20/h13H,2-12H2,1H3,(H,16,18)(H,19,20). The normalized spacial score (nSPS) is 17.6. The highest BCUT2D eigenvalue weighted by atomic mass is 16.4. The van der Waals surface area contributed by atoms with Crippen LogP contribution in [0.1, 0.15) is 51.9 Å². The van der Waals surface area contributed by atoms with Crippen molar-refractivity contribution in [1.29, 1.82) is 0 Å². The predicted molar refractivity (Wildman–Crippen MR) is 78.6 cm³/mol. The SMILES string of the molecule is CC(CNC(=O)CCCCC(=O)O)CN1CCCCC1. The lowest BCUT2D eigenvalue weighted by Gasteiger charge is -2.29. The fourth-order valence-electron chi connectivity index (χ4n) is 2.59. The minimum absolute atomic E-state index is 0.0425. The highest BCUT2D eigenvalue weighted by molar-refractivity contribution is 5.75. The Bertz CT molecular complexity index is 301. The van der Waals surface area contributed by atoms with Gasteiger partial charge in [0.25, 0.3) is 0 Å². The number of aliphatic carboxylic acids is 1. The molecule has 0 bridgehead atoms. The number of likely N-dealkylation sites (tertiary alicyclic amines) is 1. The molecule has 5 nitrogen and oxygen atoms in total. The summed E-state index contributed by atoms with van der Waals surface area (Å²) in [7, 11) is 0. The van der Waals surface area contributed by atoms with Crippen LogP contribution in [0.4, 0.5) is 0 Å². The fourth-order valence-corrected chi connectivity index (χ4v) is 2.59. The van der Waals surface area contributed by atoms with E-state index >= 15 is 0 Å². The van der Waals surface area contributed by atoms with Gasteiger partial charge in [0.2, 0.25) is 5.91 Å². The van der Waals surface area contributed by atoms with Gasteiger partial charge in [-0.15, -0.1) is 0 Å². The number of nitrogens with zero attached hydrogens (tertiary/aromatic N) is 1. The number of hydrogen-bond acceptors (Lipinski definition) is 3. The van der Waals surface area contributed by atoms with Gasteiger partial charge in [0.1, 0.15) is 0 Å². The number of carbonyl (C=O) groups excluding carboxylic acids is 1. The molecule has 1 atom stereocenters. The molecule has 1 amide bonds. The van der Waals surface area contributed by atoms with Crippen molar-refractivity contribution in [2.45, 2.75) is 51.9 Å². The molecule has 0 aromatic carbocycles. The molecule has 1 aliphatic heterocycles. The molecule has 1 saturated heterocycles. The Morgan fingerprint density at radius 2 is 1.80 bits per heavy atom. The van der Waals surface area contributed by atoms with Crippen LogP contribution in [0.25, 0.3) is 0 Å². The fraction of sp³-hybridized carbons (Fsp3) is 0.867. The number of carbonyl (C=O) groups is 2. The van der Waals surface area contributed by atoms with Crippen LogP contribution in [0.3, 0.4) is 0 Å². The highest BCUT2D eigenvalue weighted by Gasteiger charge is 2.13. The van der Waals surface area contributed by atoms with Crippen molar-refractivity contribution >= 4 is 11.9 Å². The summed E-state index contributed by atoms with van der Waals surface area (Å²) in [5.74, 6) is -0.280. The smallest absolute Gasteiger partial charge is 0.303 e. The Hall–Kier alpha value is -1.10. The van der Waals surface area contributed by atoms with Crippen LogP contribution in [0, 0.1) is 5.92 Å². The molecule has 1 fully saturated rings. The van der Waals surface area contributed by atoms with Gasteiger partial charge in [-0.2, -0.15) is 0 Å². The van der Waals surface area contributed by atoms with Crippen LogP contribution in [0.15, 0.2) is 0 Å². The Morgan fingerprint density at radius 1 is 1.15 bits per heavy atom. The molecule has 0 saturated carbocycles. The molecule has 116 valence electrons. The lowest BCUT2D eigenvalue weighted by molar-refractivity contribution is -0.137. The quantitative estimate of drug-likeness (QED) is 0.634. The first kappa shape index (κ1) is 17.0. The van der Waals surface area contributed by atoms with Gasteiger partial charge in [0, 0.05) is 25.9 Å². The average Bonchev–Trinajstić information content (AvgIpc) is 2.42. The average molecular weight is 284 g/mol. The summed E-state index contributed by atoms with van der Waals surface area (Å²) < 4.78 is 0. The second-order valence-electron chi connectivity index (χ2n) is 5.87. The molecule has 1 aliphatic rings. The first-order valence-corrected chi connectivity index (χ1v) is 7.79. The Balaban J connectivity index is 2.02. The van der Waals surface area contributed by atoms with E-state index in [0.29, 0.717) is 31.7 Å². The molecular formula is C15H28N2O3. The molecule has 0 aromatic rings. The molecule has 1 unspecified atom stereocenters. The second-order valence-corrected chi connectivity index (χ2v) is 5.87. The van der Waals surface area contributed by atoms with Crippen molar-refractivity contribution in [2.24, 2.45) is 5.92 Å². The first-order chi connectivity index (χ1) is 9.58. The van der Waals surface area contributed by atoms with Gasteiger partial charge in [-0.1, -0.05) is 13.3 Å². The van der Waals surface area contributed by atoms with Gasteiger partial charge < -0.3 is 15.3 Å². The van der Waals surface area contributed by atoms with Crippen molar-refractivity contribution in [3.63, 3.8) is 0 Å². The van der Waals surface area contributed by atoms with E-state index in [2.05, 4.69) is 17.1 Å². The molecule has 1 rings (SSSR count). The summed E-state index contributed by atoms with van der Waals surface area (Å²) in [5.41, 5.74) is 0. The van der Waals surface area contributed by atoms with Crippen LogP contribution >= 0.6 is 0 Å². The Labute approximate surface area is 121 Å². The number of carboxylic acid groups (broad SMARTS) is 1. The molecular weight excluding hydrogens is 256 g/mol. The lowest BCUT2D eigenvalue weighted by Crippen LogP contribution is -2.38. The maximum atomic E-state index is 11.6. The minimum atomic E-state index is -0.791. The zero-order valence-electron chi connectivity index (χ0n) is 12.6. The first-order valence-electron chi connectivity index (χ1n) is 7.79. The summed E-state index contributed by atoms with van der Waals surface area (Å²) in [6.07, 6.45) is 5.75. The van der Waals surface area contributed by atoms with Gasteiger partial charge in [-0.25, -0.2) is 0 Å². The largest absolute Gasteiger partial charge is 0.481 e. The predicted octanol–water partition coefficient (Wildman–Crippen LogP) is 1.87. The van der Waals surface area contributed by atoms with Crippen molar-refractivity contribution in [1.82, 2.24) is 10.2 Å². The van der Waals surface area contributed by atoms with Gasteiger partial charge in [0.05, 0.1) is 0 Å². The summed E-state index contributed by atoms with van der Waals surface area (Å²) in [4.78, 5) is 24.4. The van der Waals surface area contributed by atoms with Gasteiger partial charge in [0.15, 0.2) is 0 Å². The molecule has 0 radical (unpaired) electrons. The van der Waals surface area contributed by atoms with Crippen molar-refractivity contribution in [2.75, 3.05) is 26.2 Å². The van der Waals surface area contributed by atoms with Crippen molar-refractivity contribution in [3.8, 4) is 0 Å². The maximum absolute atomic E-state index is 11.6. The molecule has 2 N–H and O–H groups in total. The van der Waals surface area contributed by atoms with E-state index in [-0.39, 0.29) is 12.3 Å². The molecule has 0 spiro atoms. The third-order valence-electron chi connectivity index (χ3n) is 3.71. The number of unbranched alkanes of at least 4 members (excludes halogenated alkanes) is 1. The van der Waals surface area contributed by atoms with E-state index in [0.717, 1.165) is 6.54 Å². The summed E-state index contributed by atoms with van der Waals surface area (Å²) in [5, 5.41) is 11.5. The number of carboxylic acids is 1. The zero-order chi connectivity index (χ0) is 14.8. The molecule has 1 heterocycles. The number of hydrogen-bond donors (Lipinski definition) is 2. The van der Waals surface area contributed by atoms with Crippen LogP contribution in [-0.2, 0) is 9.59 Å². The van der Waals surface area contributed by atoms with E-state index < -0.39 is 5.97 Å². The zero-order valence-corrected chi connectivity index (χ0v) is 12.6. The number of amides is 1. The molecule has 0 aromatic heterocycles. The molecule has 20 heavy (non-hydrogen) atoms. The van der Waals surface area contributed by atoms with E-state index in [1.807, 2.05) is 0 Å². The highest BCUT2D eigenvalue weighted by Crippen LogP contribution is 2.10. The monoisotopic (exact) mass is 284 g/mol. The second kappa shape index (κ2) is 9.75. The van der Waals surface area contributed by atoms with E-state index in [1.54, 1.807) is 0 Å². The van der Waals surface area contributed by atoms with Gasteiger partial charge >= 0.3 is 5.97 Å². The Kier molecular flexibility index (Phi) is 8.26. The van der Waals surface area contributed by atoms with Gasteiger partial charge in [-0.05, 0) is 44.7 Å². The van der Waals surface area contributed by atoms with E-state index in [9.17, 15) is 9.59 Å². The lowest BCUT2D eigenvalue weighted by atomic mass is 10.1. The van der Waals surface area contributed by atoms with E-state index in [4.69, 9.17) is 5.11 Å². The van der Waals surface area contributed by atoms with Gasteiger partial charge in [-0.3, -0.25) is 9.59 Å². The maximum Gasteiger partial charge on any atom is 0.303 e. The third kappa shape index (κ3) is 8.15. The minimum Gasteiger partial charge on any atom is -0.481 e. The summed E-state index contributed by atoms with van der Waals surface area (Å²) >= 11 is 0. The van der Waals surface area contributed by atoms with E-state index in [1.165, 1.54) is 32.4 Å². The van der Waals surface area contributed by atoms with Crippen molar-refractivity contribution < 1.29 is 14.7 Å². The summed E-state index contributed by atoms with van der Waals surface area (Å²) in [6, 6.07) is 0. The number of nitrogens with one attached hydrogen (secondary N) is 1. The van der Waals surface area contributed by atoms with Crippen molar-refractivity contribution in [3.05, 3.63) is 0 Å². The number of rotatable bonds is 9. The van der Waals surface area contributed by atoms with Crippen LogP contribution in [0.2, 0.25) is 0 Å².